The maximum atomic E-state index is 12.2. The molecule has 2 aromatic carbocycles. The normalized spacial score (nSPS) is 10.8. The number of carbonyl (C=O) groups is 1. The number of hydrogen-bond acceptors (Lipinski definition) is 3. The number of ketones is 1. The van der Waals surface area contributed by atoms with Gasteiger partial charge in [-0.1, -0.05) is 29.8 Å². The van der Waals surface area contributed by atoms with Gasteiger partial charge in [0.05, 0.1) is 4.88 Å². The minimum Gasteiger partial charge on any atom is -0.456 e. The van der Waals surface area contributed by atoms with Crippen LogP contribution in [-0.2, 0) is 0 Å². The monoisotopic (exact) mass is 340 g/mol. The van der Waals surface area contributed by atoms with E-state index in [2.05, 4.69) is 0 Å². The Balaban J connectivity index is 1.74. The predicted octanol–water partition coefficient (Wildman–Crippen LogP) is 6.09. The third kappa shape index (κ3) is 4.09. The molecule has 3 rings (SSSR count). The highest BCUT2D eigenvalue weighted by Crippen LogP contribution is 2.30. The lowest BCUT2D eigenvalue weighted by Gasteiger charge is -2.04. The van der Waals surface area contributed by atoms with Gasteiger partial charge >= 0.3 is 0 Å². The summed E-state index contributed by atoms with van der Waals surface area (Å²) >= 11 is 7.35. The van der Waals surface area contributed by atoms with Gasteiger partial charge in [-0.25, -0.2) is 0 Å². The zero-order valence-corrected chi connectivity index (χ0v) is 13.7. The molecule has 4 heteroatoms. The number of para-hydroxylation sites is 1. The van der Waals surface area contributed by atoms with Crippen LogP contribution in [0.1, 0.15) is 15.2 Å². The van der Waals surface area contributed by atoms with Crippen molar-refractivity contribution in [3.8, 4) is 11.5 Å². The molecule has 0 fully saturated rings. The van der Waals surface area contributed by atoms with Crippen LogP contribution >= 0.6 is 22.9 Å². The van der Waals surface area contributed by atoms with Gasteiger partial charge in [0.15, 0.2) is 5.78 Å². The third-order valence-electron chi connectivity index (χ3n) is 3.14. The van der Waals surface area contributed by atoms with E-state index in [1.807, 2.05) is 41.8 Å². The molecule has 0 spiro atoms. The molecule has 3 aromatic rings. The van der Waals surface area contributed by atoms with Crippen LogP contribution < -0.4 is 4.74 Å². The molecule has 0 atom stereocenters. The molecule has 0 saturated carbocycles. The number of carbonyl (C=O) groups excluding carboxylic acids is 1. The van der Waals surface area contributed by atoms with Crippen molar-refractivity contribution in [2.24, 2.45) is 0 Å². The summed E-state index contributed by atoms with van der Waals surface area (Å²) in [6, 6.07) is 18.3. The summed E-state index contributed by atoms with van der Waals surface area (Å²) in [6.07, 6.45) is 3.33. The molecule has 0 N–H and O–H groups in total. The number of allylic oxidation sites excluding steroid dienone is 1. The Morgan fingerprint density at radius 3 is 2.48 bits per heavy atom. The van der Waals surface area contributed by atoms with E-state index in [1.165, 1.54) is 11.3 Å². The first-order valence-electron chi connectivity index (χ1n) is 7.01. The Kier molecular flexibility index (Phi) is 4.91. The van der Waals surface area contributed by atoms with Gasteiger partial charge in [-0.05, 0) is 60.0 Å². The number of hydrogen-bond donors (Lipinski definition) is 0. The molecule has 2 nitrogen and oxygen atoms in total. The molecule has 23 heavy (non-hydrogen) atoms. The molecule has 1 heterocycles. The van der Waals surface area contributed by atoms with E-state index in [4.69, 9.17) is 16.3 Å². The first-order valence-corrected chi connectivity index (χ1v) is 8.26. The Labute approximate surface area is 143 Å². The van der Waals surface area contributed by atoms with E-state index in [0.29, 0.717) is 10.6 Å². The molecule has 0 aliphatic heterocycles. The highest BCUT2D eigenvalue weighted by atomic mass is 35.5. The van der Waals surface area contributed by atoms with Crippen LogP contribution in [0.5, 0.6) is 11.5 Å². The molecule has 0 aliphatic carbocycles. The SMILES string of the molecule is O=C(C=Cc1sccc1Oc1ccccc1)c1ccc(Cl)cc1. The fourth-order valence-corrected chi connectivity index (χ4v) is 2.83. The van der Waals surface area contributed by atoms with Crippen molar-refractivity contribution in [3.05, 3.63) is 87.6 Å². The summed E-state index contributed by atoms with van der Waals surface area (Å²) in [7, 11) is 0. The highest BCUT2D eigenvalue weighted by Gasteiger charge is 2.06. The van der Waals surface area contributed by atoms with Crippen molar-refractivity contribution < 1.29 is 9.53 Å². The maximum Gasteiger partial charge on any atom is 0.185 e. The van der Waals surface area contributed by atoms with Crippen LogP contribution in [0.15, 0.2) is 72.1 Å². The van der Waals surface area contributed by atoms with Gasteiger partial charge in [-0.2, -0.15) is 0 Å². The smallest absolute Gasteiger partial charge is 0.185 e. The number of ether oxygens (including phenoxy) is 1. The van der Waals surface area contributed by atoms with Gasteiger partial charge < -0.3 is 4.74 Å². The predicted molar refractivity (Wildman–Crippen MR) is 95.7 cm³/mol. The lowest BCUT2D eigenvalue weighted by atomic mass is 10.1. The lowest BCUT2D eigenvalue weighted by molar-refractivity contribution is 0.104. The zero-order chi connectivity index (χ0) is 16.1. The minimum absolute atomic E-state index is 0.0688. The molecule has 0 amide bonds. The molecule has 1 aromatic heterocycles. The van der Waals surface area contributed by atoms with E-state index in [0.717, 1.165) is 16.4 Å². The second-order valence-electron chi connectivity index (χ2n) is 4.77. The molecule has 0 saturated heterocycles. The van der Waals surface area contributed by atoms with E-state index >= 15 is 0 Å². The number of thiophene rings is 1. The van der Waals surface area contributed by atoms with Gasteiger partial charge in [0.1, 0.15) is 11.5 Å². The Morgan fingerprint density at radius 2 is 1.74 bits per heavy atom. The summed E-state index contributed by atoms with van der Waals surface area (Å²) < 4.78 is 5.83. The maximum absolute atomic E-state index is 12.2. The second kappa shape index (κ2) is 7.27. The van der Waals surface area contributed by atoms with Gasteiger partial charge in [0.25, 0.3) is 0 Å². The first kappa shape index (κ1) is 15.5. The van der Waals surface area contributed by atoms with Crippen molar-refractivity contribution >= 4 is 34.8 Å². The highest BCUT2D eigenvalue weighted by molar-refractivity contribution is 7.11. The van der Waals surface area contributed by atoms with Crippen molar-refractivity contribution in [2.45, 2.75) is 0 Å². The van der Waals surface area contributed by atoms with Crippen LogP contribution in [0.25, 0.3) is 6.08 Å². The fourth-order valence-electron chi connectivity index (χ4n) is 1.99. The van der Waals surface area contributed by atoms with E-state index in [9.17, 15) is 4.79 Å². The van der Waals surface area contributed by atoms with Crippen molar-refractivity contribution in [3.63, 3.8) is 0 Å². The quantitative estimate of drug-likeness (QED) is 0.415. The molecule has 114 valence electrons. The number of rotatable bonds is 5. The minimum atomic E-state index is -0.0688. The summed E-state index contributed by atoms with van der Waals surface area (Å²) in [5.41, 5.74) is 0.604. The van der Waals surface area contributed by atoms with E-state index in [-0.39, 0.29) is 5.78 Å². The third-order valence-corrected chi connectivity index (χ3v) is 4.26. The first-order chi connectivity index (χ1) is 11.2. The zero-order valence-electron chi connectivity index (χ0n) is 12.1. The summed E-state index contributed by atoms with van der Waals surface area (Å²) in [6.45, 7) is 0. The molecular formula is C19H13ClO2S. The van der Waals surface area contributed by atoms with Crippen LogP contribution in [-0.4, -0.2) is 5.78 Å². The lowest BCUT2D eigenvalue weighted by Crippen LogP contribution is -1.93. The van der Waals surface area contributed by atoms with Crippen LogP contribution in [0.3, 0.4) is 0 Å². The van der Waals surface area contributed by atoms with Crippen LogP contribution in [0.4, 0.5) is 0 Å². The van der Waals surface area contributed by atoms with Crippen LogP contribution in [0, 0.1) is 0 Å². The Hall–Kier alpha value is -2.36. The molecule has 0 radical (unpaired) electrons. The molecule has 0 aliphatic rings. The fraction of sp³-hybridized carbons (Fsp3) is 0. The standard InChI is InChI=1S/C19H13ClO2S/c20-15-8-6-14(7-9-15)17(21)10-11-19-18(12-13-23-19)22-16-4-2-1-3-5-16/h1-13H. The average molecular weight is 341 g/mol. The van der Waals surface area contributed by atoms with Crippen molar-refractivity contribution in [1.29, 1.82) is 0 Å². The molecule has 0 unspecified atom stereocenters. The average Bonchev–Trinajstić information content (AvgIpc) is 3.01. The van der Waals surface area contributed by atoms with Crippen molar-refractivity contribution in [2.75, 3.05) is 0 Å². The van der Waals surface area contributed by atoms with Crippen LogP contribution in [0.2, 0.25) is 5.02 Å². The van der Waals surface area contributed by atoms with Gasteiger partial charge in [-0.3, -0.25) is 4.79 Å². The molecular weight excluding hydrogens is 328 g/mol. The number of halogens is 1. The van der Waals surface area contributed by atoms with Crippen molar-refractivity contribution in [1.82, 2.24) is 0 Å². The number of benzene rings is 2. The summed E-state index contributed by atoms with van der Waals surface area (Å²) in [4.78, 5) is 13.1. The topological polar surface area (TPSA) is 26.3 Å². The second-order valence-corrected chi connectivity index (χ2v) is 6.15. The molecule has 0 bridgehead atoms. The van der Waals surface area contributed by atoms with E-state index < -0.39 is 0 Å². The van der Waals surface area contributed by atoms with Gasteiger partial charge in [-0.15, -0.1) is 11.3 Å². The largest absolute Gasteiger partial charge is 0.456 e. The summed E-state index contributed by atoms with van der Waals surface area (Å²) in [5.74, 6) is 1.44. The van der Waals surface area contributed by atoms with Gasteiger partial charge in [0.2, 0.25) is 0 Å². The van der Waals surface area contributed by atoms with Gasteiger partial charge in [0, 0.05) is 10.6 Å². The Bertz CT molecular complexity index is 820. The Morgan fingerprint density at radius 1 is 1.00 bits per heavy atom. The summed E-state index contributed by atoms with van der Waals surface area (Å²) in [5, 5.41) is 2.55. The van der Waals surface area contributed by atoms with E-state index in [1.54, 1.807) is 36.4 Å².